The van der Waals surface area contributed by atoms with E-state index in [-0.39, 0.29) is 24.5 Å². The van der Waals surface area contributed by atoms with Gasteiger partial charge in [0.2, 0.25) is 0 Å². The Kier molecular flexibility index (Phi) is 3.82. The number of rotatable bonds is 3. The van der Waals surface area contributed by atoms with Gasteiger partial charge >= 0.3 is 0 Å². The highest BCUT2D eigenvalue weighted by atomic mass is 16.3. The predicted octanol–water partition coefficient (Wildman–Crippen LogP) is 0.632. The molecule has 0 saturated carbocycles. The molecule has 0 aliphatic carbocycles. The maximum Gasteiger partial charge on any atom is 0.0541 e. The molecule has 0 rings (SSSR count). The van der Waals surface area contributed by atoms with E-state index in [1.165, 1.54) is 0 Å². The van der Waals surface area contributed by atoms with Crippen molar-refractivity contribution in [3.63, 3.8) is 0 Å². The van der Waals surface area contributed by atoms with Gasteiger partial charge in [0.15, 0.2) is 0 Å². The molecular weight excluding hydrogens is 116 g/mol. The maximum absolute atomic E-state index is 9.01. The zero-order chi connectivity index (χ0) is 7.44. The summed E-state index contributed by atoms with van der Waals surface area (Å²) in [5.74, 6) is 0.389. The minimum absolute atomic E-state index is 0.159. The van der Waals surface area contributed by atoms with Crippen molar-refractivity contribution < 1.29 is 10.2 Å². The van der Waals surface area contributed by atoms with E-state index in [1.54, 1.807) is 6.92 Å². The van der Waals surface area contributed by atoms with E-state index in [0.29, 0.717) is 0 Å². The highest BCUT2D eigenvalue weighted by Crippen LogP contribution is 2.13. The first-order valence-electron chi connectivity index (χ1n) is 3.38. The molecule has 0 radical (unpaired) electrons. The molecule has 0 aromatic carbocycles. The predicted molar refractivity (Wildman–Crippen MR) is 37.1 cm³/mol. The van der Waals surface area contributed by atoms with Crippen LogP contribution in [-0.4, -0.2) is 22.9 Å². The highest BCUT2D eigenvalue weighted by Gasteiger charge is 2.15. The summed E-state index contributed by atoms with van der Waals surface area (Å²) in [6.45, 7) is 5.77. The smallest absolute Gasteiger partial charge is 0.0541 e. The van der Waals surface area contributed by atoms with E-state index >= 15 is 0 Å². The van der Waals surface area contributed by atoms with E-state index in [1.807, 2.05) is 13.8 Å². The second-order valence-electron chi connectivity index (χ2n) is 2.76. The van der Waals surface area contributed by atoms with Gasteiger partial charge in [-0.25, -0.2) is 0 Å². The van der Waals surface area contributed by atoms with Crippen molar-refractivity contribution in [2.24, 2.45) is 11.8 Å². The van der Waals surface area contributed by atoms with Gasteiger partial charge in [0.25, 0.3) is 0 Å². The summed E-state index contributed by atoms with van der Waals surface area (Å²) in [5.41, 5.74) is 0. The third-order valence-corrected chi connectivity index (χ3v) is 1.95. The summed E-state index contributed by atoms with van der Waals surface area (Å²) in [7, 11) is 0. The van der Waals surface area contributed by atoms with Crippen molar-refractivity contribution in [2.45, 2.75) is 26.9 Å². The van der Waals surface area contributed by atoms with Gasteiger partial charge in [-0.15, -0.1) is 0 Å². The van der Waals surface area contributed by atoms with Gasteiger partial charge in [-0.05, 0) is 18.8 Å². The van der Waals surface area contributed by atoms with Crippen molar-refractivity contribution in [3.05, 3.63) is 0 Å². The van der Waals surface area contributed by atoms with Gasteiger partial charge in [-0.3, -0.25) is 0 Å². The van der Waals surface area contributed by atoms with Crippen LogP contribution in [0, 0.1) is 11.8 Å². The molecule has 0 bridgehead atoms. The fourth-order valence-electron chi connectivity index (χ4n) is 0.642. The molecule has 2 heteroatoms. The summed E-state index contributed by atoms with van der Waals surface area (Å²) < 4.78 is 0. The summed E-state index contributed by atoms with van der Waals surface area (Å²) >= 11 is 0. The van der Waals surface area contributed by atoms with Crippen LogP contribution in [0.5, 0.6) is 0 Å². The molecular formula is C7H16O2. The molecule has 2 N–H and O–H groups in total. The molecule has 0 aliphatic rings. The average Bonchev–Trinajstić information content (AvgIpc) is 1.84. The molecule has 56 valence electrons. The monoisotopic (exact) mass is 132 g/mol. The maximum atomic E-state index is 9.01. The van der Waals surface area contributed by atoms with Crippen LogP contribution in [0.3, 0.4) is 0 Å². The van der Waals surface area contributed by atoms with Gasteiger partial charge in [0.05, 0.1) is 6.10 Å². The fraction of sp³-hybridized carbons (Fsp3) is 1.00. The van der Waals surface area contributed by atoms with Gasteiger partial charge in [-0.2, -0.15) is 0 Å². The van der Waals surface area contributed by atoms with Crippen LogP contribution in [0.25, 0.3) is 0 Å². The van der Waals surface area contributed by atoms with Gasteiger partial charge < -0.3 is 10.2 Å². The zero-order valence-electron chi connectivity index (χ0n) is 6.33. The average molecular weight is 132 g/mol. The molecule has 0 amide bonds. The van der Waals surface area contributed by atoms with E-state index in [4.69, 9.17) is 10.2 Å². The summed E-state index contributed by atoms with van der Waals surface area (Å²) in [5, 5.41) is 17.7. The quantitative estimate of drug-likeness (QED) is 0.591. The Bertz CT molecular complexity index is 71.3. The third-order valence-electron chi connectivity index (χ3n) is 1.95. The van der Waals surface area contributed by atoms with Crippen molar-refractivity contribution in [1.82, 2.24) is 0 Å². The molecule has 0 saturated heterocycles. The molecule has 0 aromatic heterocycles. The number of hydrogen-bond donors (Lipinski definition) is 2. The van der Waals surface area contributed by atoms with Crippen molar-refractivity contribution in [1.29, 1.82) is 0 Å². The number of aliphatic hydroxyl groups is 2. The van der Waals surface area contributed by atoms with Crippen LogP contribution < -0.4 is 0 Å². The number of aliphatic hydroxyl groups excluding tert-OH is 2. The molecule has 0 aliphatic heterocycles. The molecule has 0 heterocycles. The summed E-state index contributed by atoms with van der Waals surface area (Å²) in [6.07, 6.45) is -0.313. The van der Waals surface area contributed by atoms with Gasteiger partial charge in [0, 0.05) is 6.61 Å². The van der Waals surface area contributed by atoms with Crippen LogP contribution in [0.15, 0.2) is 0 Å². The van der Waals surface area contributed by atoms with Crippen LogP contribution in [0.1, 0.15) is 20.8 Å². The van der Waals surface area contributed by atoms with E-state index in [2.05, 4.69) is 0 Å². The lowest BCUT2D eigenvalue weighted by atomic mass is 9.92. The minimum atomic E-state index is -0.313. The zero-order valence-corrected chi connectivity index (χ0v) is 6.33. The fourth-order valence-corrected chi connectivity index (χ4v) is 0.642. The van der Waals surface area contributed by atoms with Crippen LogP contribution >= 0.6 is 0 Å². The minimum Gasteiger partial charge on any atom is -0.396 e. The molecule has 3 unspecified atom stereocenters. The van der Waals surface area contributed by atoms with Crippen LogP contribution in [0.4, 0.5) is 0 Å². The Morgan fingerprint density at radius 2 is 1.67 bits per heavy atom. The topological polar surface area (TPSA) is 40.5 Å². The summed E-state index contributed by atoms with van der Waals surface area (Å²) in [6, 6.07) is 0. The molecule has 0 aromatic rings. The number of hydrogen-bond acceptors (Lipinski definition) is 2. The molecule has 0 fully saturated rings. The van der Waals surface area contributed by atoms with Crippen LogP contribution in [-0.2, 0) is 0 Å². The third kappa shape index (κ3) is 2.82. The molecule has 0 spiro atoms. The summed E-state index contributed by atoms with van der Waals surface area (Å²) in [4.78, 5) is 0. The van der Waals surface area contributed by atoms with Crippen molar-refractivity contribution >= 4 is 0 Å². The SMILES string of the molecule is CC(O)C(C)C(C)CO. The highest BCUT2D eigenvalue weighted by molar-refractivity contribution is 4.64. The first kappa shape index (κ1) is 8.92. The Labute approximate surface area is 56.5 Å². The lowest BCUT2D eigenvalue weighted by molar-refractivity contribution is 0.0778. The Balaban J connectivity index is 3.58. The standard InChI is InChI=1S/C7H16O2/c1-5(4-8)6(2)7(3)9/h5-9H,4H2,1-3H3. The Hall–Kier alpha value is -0.0800. The first-order valence-corrected chi connectivity index (χ1v) is 3.38. The van der Waals surface area contributed by atoms with Crippen molar-refractivity contribution in [3.8, 4) is 0 Å². The first-order chi connectivity index (χ1) is 4.09. The largest absolute Gasteiger partial charge is 0.396 e. The lowest BCUT2D eigenvalue weighted by Crippen LogP contribution is -2.22. The molecule has 2 nitrogen and oxygen atoms in total. The van der Waals surface area contributed by atoms with E-state index in [0.717, 1.165) is 0 Å². The lowest BCUT2D eigenvalue weighted by Gasteiger charge is -2.19. The van der Waals surface area contributed by atoms with Gasteiger partial charge in [0.1, 0.15) is 0 Å². The second-order valence-corrected chi connectivity index (χ2v) is 2.76. The van der Waals surface area contributed by atoms with Crippen molar-refractivity contribution in [2.75, 3.05) is 6.61 Å². The molecule has 9 heavy (non-hydrogen) atoms. The van der Waals surface area contributed by atoms with E-state index < -0.39 is 0 Å². The van der Waals surface area contributed by atoms with E-state index in [9.17, 15) is 0 Å². The van der Waals surface area contributed by atoms with Gasteiger partial charge in [-0.1, -0.05) is 13.8 Å². The van der Waals surface area contributed by atoms with Crippen LogP contribution in [0.2, 0.25) is 0 Å². The normalized spacial score (nSPS) is 21.0. The Morgan fingerprint density at radius 1 is 1.22 bits per heavy atom. The Morgan fingerprint density at radius 3 is 1.78 bits per heavy atom. The second kappa shape index (κ2) is 3.85. The molecule has 3 atom stereocenters.